The summed E-state index contributed by atoms with van der Waals surface area (Å²) in [6.45, 7) is 2.38. The highest BCUT2D eigenvalue weighted by Gasteiger charge is 2.05. The molecule has 0 fully saturated rings. The van der Waals surface area contributed by atoms with Gasteiger partial charge in [0.1, 0.15) is 10.9 Å². The third-order valence-electron chi connectivity index (χ3n) is 1.90. The Morgan fingerprint density at radius 2 is 1.94 bits per heavy atom. The molecule has 0 bridgehead atoms. The molecule has 0 aliphatic carbocycles. The minimum atomic E-state index is 0.173. The molecule has 0 radical (unpaired) electrons. The van der Waals surface area contributed by atoms with Gasteiger partial charge in [0.15, 0.2) is 0 Å². The Labute approximate surface area is 104 Å². The molecule has 0 saturated carbocycles. The lowest BCUT2D eigenvalue weighted by Gasteiger charge is -2.06. The number of nitrogens with zero attached hydrogens (tertiary/aromatic N) is 2. The van der Waals surface area contributed by atoms with E-state index in [0.29, 0.717) is 18.2 Å². The van der Waals surface area contributed by atoms with Gasteiger partial charge in [-0.1, -0.05) is 29.8 Å². The van der Waals surface area contributed by atoms with Gasteiger partial charge < -0.3 is 9.47 Å². The molecule has 2 rings (SSSR count). The summed E-state index contributed by atoms with van der Waals surface area (Å²) in [5, 5.41) is 0.286. The van der Waals surface area contributed by atoms with Crippen LogP contribution < -0.4 is 9.47 Å². The number of rotatable bonds is 4. The van der Waals surface area contributed by atoms with Crippen LogP contribution in [0.3, 0.4) is 0 Å². The maximum absolute atomic E-state index is 5.84. The van der Waals surface area contributed by atoms with Crippen LogP contribution in [0, 0.1) is 0 Å². The molecule has 0 atom stereocenters. The Morgan fingerprint density at radius 3 is 2.65 bits per heavy atom. The Kier molecular flexibility index (Phi) is 3.77. The molecule has 1 heterocycles. The number of ether oxygens (including phenoxy) is 2. The molecule has 0 saturated heterocycles. The van der Waals surface area contributed by atoms with E-state index in [2.05, 4.69) is 9.97 Å². The molecule has 5 heteroatoms. The second-order valence-electron chi connectivity index (χ2n) is 3.16. The number of aromatic nitrogens is 2. The van der Waals surface area contributed by atoms with Crippen LogP contribution in [0.25, 0.3) is 0 Å². The van der Waals surface area contributed by atoms with Crippen LogP contribution >= 0.6 is 11.6 Å². The van der Waals surface area contributed by atoms with Gasteiger partial charge in [0.05, 0.1) is 6.61 Å². The maximum Gasteiger partial charge on any atom is 0.326 e. The quantitative estimate of drug-likeness (QED) is 0.781. The van der Waals surface area contributed by atoms with Crippen molar-refractivity contribution >= 4 is 11.6 Å². The van der Waals surface area contributed by atoms with E-state index >= 15 is 0 Å². The van der Waals surface area contributed by atoms with Gasteiger partial charge in [-0.3, -0.25) is 0 Å². The molecule has 2 aromatic rings. The van der Waals surface area contributed by atoms with Crippen molar-refractivity contribution in [2.75, 3.05) is 6.61 Å². The van der Waals surface area contributed by atoms with Crippen LogP contribution in [-0.2, 0) is 0 Å². The Balaban J connectivity index is 2.21. The lowest BCUT2D eigenvalue weighted by atomic mass is 10.3. The van der Waals surface area contributed by atoms with Crippen molar-refractivity contribution in [3.8, 4) is 17.6 Å². The van der Waals surface area contributed by atoms with Gasteiger partial charge in [-0.25, -0.2) is 0 Å². The molecule has 88 valence electrons. The van der Waals surface area contributed by atoms with Gasteiger partial charge in [0, 0.05) is 6.07 Å². The van der Waals surface area contributed by atoms with E-state index in [4.69, 9.17) is 21.1 Å². The number of para-hydroxylation sites is 1. The summed E-state index contributed by atoms with van der Waals surface area (Å²) in [5.41, 5.74) is 0. The molecule has 1 aromatic heterocycles. The summed E-state index contributed by atoms with van der Waals surface area (Å²) < 4.78 is 10.7. The number of benzene rings is 1. The lowest BCUT2D eigenvalue weighted by molar-refractivity contribution is 0.318. The van der Waals surface area contributed by atoms with Gasteiger partial charge >= 0.3 is 6.01 Å². The Hall–Kier alpha value is -1.81. The predicted octanol–water partition coefficient (Wildman–Crippen LogP) is 3.32. The number of hydrogen-bond acceptors (Lipinski definition) is 4. The zero-order chi connectivity index (χ0) is 12.1. The number of halogens is 1. The highest BCUT2D eigenvalue weighted by atomic mass is 35.5. The van der Waals surface area contributed by atoms with E-state index in [0.717, 1.165) is 0 Å². The minimum Gasteiger partial charge on any atom is -0.478 e. The largest absolute Gasteiger partial charge is 0.478 e. The van der Waals surface area contributed by atoms with Crippen molar-refractivity contribution in [3.05, 3.63) is 41.6 Å². The third kappa shape index (κ3) is 3.32. The van der Waals surface area contributed by atoms with Crippen molar-refractivity contribution in [3.63, 3.8) is 0 Å². The van der Waals surface area contributed by atoms with E-state index in [1.54, 1.807) is 6.07 Å². The smallest absolute Gasteiger partial charge is 0.326 e. The van der Waals surface area contributed by atoms with Crippen molar-refractivity contribution in [2.24, 2.45) is 0 Å². The van der Waals surface area contributed by atoms with Crippen LogP contribution in [0.1, 0.15) is 6.92 Å². The maximum atomic E-state index is 5.84. The average molecular weight is 251 g/mol. The van der Waals surface area contributed by atoms with Crippen LogP contribution in [-0.4, -0.2) is 16.6 Å². The average Bonchev–Trinajstić information content (AvgIpc) is 2.30. The van der Waals surface area contributed by atoms with Gasteiger partial charge in [-0.05, 0) is 19.1 Å². The lowest BCUT2D eigenvalue weighted by Crippen LogP contribution is -1.98. The zero-order valence-electron chi connectivity index (χ0n) is 9.26. The van der Waals surface area contributed by atoms with Crippen LogP contribution in [0.5, 0.6) is 17.6 Å². The molecule has 1 aromatic carbocycles. The van der Waals surface area contributed by atoms with Gasteiger partial charge in [-0.15, -0.1) is 0 Å². The minimum absolute atomic E-state index is 0.173. The zero-order valence-corrected chi connectivity index (χ0v) is 10.0. The Morgan fingerprint density at radius 1 is 1.18 bits per heavy atom. The standard InChI is InChI=1S/C12H11ClN2O2/c1-2-16-11-8-10(13)14-12(15-11)17-9-6-4-3-5-7-9/h3-8H,2H2,1H3. The van der Waals surface area contributed by atoms with Gasteiger partial charge in [-0.2, -0.15) is 9.97 Å². The fourth-order valence-electron chi connectivity index (χ4n) is 1.24. The van der Waals surface area contributed by atoms with Gasteiger partial charge in [0.25, 0.3) is 0 Å². The summed E-state index contributed by atoms with van der Waals surface area (Å²) in [4.78, 5) is 8.04. The normalized spacial score (nSPS) is 10.0. The summed E-state index contributed by atoms with van der Waals surface area (Å²) in [7, 11) is 0. The van der Waals surface area contributed by atoms with Crippen molar-refractivity contribution < 1.29 is 9.47 Å². The summed E-state index contributed by atoms with van der Waals surface area (Å²) in [6.07, 6.45) is 0. The predicted molar refractivity (Wildman–Crippen MR) is 64.7 cm³/mol. The molecule has 0 aliphatic heterocycles. The molecule has 4 nitrogen and oxygen atoms in total. The van der Waals surface area contributed by atoms with Crippen LogP contribution in [0.4, 0.5) is 0 Å². The van der Waals surface area contributed by atoms with Gasteiger partial charge in [0.2, 0.25) is 5.88 Å². The molecule has 17 heavy (non-hydrogen) atoms. The van der Waals surface area contributed by atoms with E-state index in [9.17, 15) is 0 Å². The summed E-state index contributed by atoms with van der Waals surface area (Å²) in [5.74, 6) is 1.05. The fourth-order valence-corrected chi connectivity index (χ4v) is 1.40. The van der Waals surface area contributed by atoms with E-state index < -0.39 is 0 Å². The van der Waals surface area contributed by atoms with Crippen LogP contribution in [0.2, 0.25) is 5.15 Å². The molecule has 0 aliphatic rings. The second kappa shape index (κ2) is 5.50. The fraction of sp³-hybridized carbons (Fsp3) is 0.167. The number of hydrogen-bond donors (Lipinski definition) is 0. The van der Waals surface area contributed by atoms with E-state index in [1.165, 1.54) is 0 Å². The first-order chi connectivity index (χ1) is 8.28. The van der Waals surface area contributed by atoms with Crippen molar-refractivity contribution in [1.29, 1.82) is 0 Å². The molecular weight excluding hydrogens is 240 g/mol. The summed E-state index contributed by atoms with van der Waals surface area (Å²) in [6, 6.07) is 11.0. The third-order valence-corrected chi connectivity index (χ3v) is 2.09. The molecule has 0 amide bonds. The Bertz CT molecular complexity index is 491. The monoisotopic (exact) mass is 250 g/mol. The SMILES string of the molecule is CCOc1cc(Cl)nc(Oc2ccccc2)n1. The first-order valence-corrected chi connectivity index (χ1v) is 5.56. The molecule has 0 unspecified atom stereocenters. The molecule has 0 spiro atoms. The highest BCUT2D eigenvalue weighted by molar-refractivity contribution is 6.29. The molecule has 0 N–H and O–H groups in total. The second-order valence-corrected chi connectivity index (χ2v) is 3.55. The first kappa shape index (κ1) is 11.7. The topological polar surface area (TPSA) is 44.2 Å². The van der Waals surface area contributed by atoms with E-state index in [1.807, 2.05) is 37.3 Å². The first-order valence-electron chi connectivity index (χ1n) is 5.18. The van der Waals surface area contributed by atoms with Crippen LogP contribution in [0.15, 0.2) is 36.4 Å². The van der Waals surface area contributed by atoms with Crippen molar-refractivity contribution in [2.45, 2.75) is 6.92 Å². The summed E-state index contributed by atoms with van der Waals surface area (Å²) >= 11 is 5.84. The van der Waals surface area contributed by atoms with Crippen molar-refractivity contribution in [1.82, 2.24) is 9.97 Å². The van der Waals surface area contributed by atoms with E-state index in [-0.39, 0.29) is 11.2 Å². The highest BCUT2D eigenvalue weighted by Crippen LogP contribution is 2.22. The molecular formula is C12H11ClN2O2.